The minimum atomic E-state index is -0.167. The zero-order valence-corrected chi connectivity index (χ0v) is 21.7. The lowest BCUT2D eigenvalue weighted by atomic mass is 10.1. The van der Waals surface area contributed by atoms with Crippen molar-refractivity contribution in [2.45, 2.75) is 19.9 Å². The first kappa shape index (κ1) is 25.5. The molecule has 1 fully saturated rings. The summed E-state index contributed by atoms with van der Waals surface area (Å²) < 4.78 is 13.2. The molecule has 8 nitrogen and oxygen atoms in total. The van der Waals surface area contributed by atoms with Gasteiger partial charge in [-0.05, 0) is 50.2 Å². The monoisotopic (exact) mass is 512 g/mol. The van der Waals surface area contributed by atoms with Crippen LogP contribution in [0.3, 0.4) is 0 Å². The van der Waals surface area contributed by atoms with Gasteiger partial charge in [0.2, 0.25) is 0 Å². The number of hydrogen-bond donors (Lipinski definition) is 0. The van der Waals surface area contributed by atoms with Crippen molar-refractivity contribution in [3.05, 3.63) is 95.0 Å². The zero-order valence-electron chi connectivity index (χ0n) is 21.7. The highest BCUT2D eigenvalue weighted by atomic mass is 16.5. The molecule has 4 aromatic rings. The van der Waals surface area contributed by atoms with Crippen molar-refractivity contribution in [1.29, 1.82) is 0 Å². The van der Waals surface area contributed by atoms with E-state index in [1.54, 1.807) is 10.6 Å². The summed E-state index contributed by atoms with van der Waals surface area (Å²) >= 11 is 0. The minimum Gasteiger partial charge on any atom is -0.492 e. The third-order valence-electron chi connectivity index (χ3n) is 6.90. The van der Waals surface area contributed by atoms with E-state index in [4.69, 9.17) is 14.5 Å². The molecular weight excluding hydrogens is 480 g/mol. The second-order valence-corrected chi connectivity index (χ2v) is 9.22. The molecule has 1 amide bonds. The second-order valence-electron chi connectivity index (χ2n) is 9.22. The van der Waals surface area contributed by atoms with Crippen LogP contribution in [0.15, 0.2) is 83.7 Å². The fourth-order valence-corrected chi connectivity index (χ4v) is 4.86. The SMILES string of the molecule is CCOc1ccccc1-n1c(C(C)N2CCN(C(=O)COc3ccccc3)CC2)nc2ccccc2c1=O. The zero-order chi connectivity index (χ0) is 26.5. The van der Waals surface area contributed by atoms with Gasteiger partial charge in [-0.1, -0.05) is 42.5 Å². The summed E-state index contributed by atoms with van der Waals surface area (Å²) in [6.07, 6.45) is 0. The Morgan fingerprint density at radius 1 is 0.895 bits per heavy atom. The Balaban J connectivity index is 1.39. The number of aromatic nitrogens is 2. The van der Waals surface area contributed by atoms with Crippen LogP contribution >= 0.6 is 0 Å². The lowest BCUT2D eigenvalue weighted by molar-refractivity contribution is -0.135. The van der Waals surface area contributed by atoms with Crippen molar-refractivity contribution in [3.63, 3.8) is 0 Å². The van der Waals surface area contributed by atoms with Crippen LogP contribution in [0.25, 0.3) is 16.6 Å². The van der Waals surface area contributed by atoms with Gasteiger partial charge in [0.05, 0.1) is 29.2 Å². The predicted molar refractivity (Wildman–Crippen MR) is 147 cm³/mol. The molecular formula is C30H32N4O4. The number of para-hydroxylation sites is 4. The molecule has 5 rings (SSSR count). The highest BCUT2D eigenvalue weighted by molar-refractivity contribution is 5.78. The van der Waals surface area contributed by atoms with E-state index < -0.39 is 0 Å². The number of carbonyl (C=O) groups is 1. The van der Waals surface area contributed by atoms with E-state index in [1.165, 1.54) is 0 Å². The van der Waals surface area contributed by atoms with E-state index in [9.17, 15) is 9.59 Å². The maximum Gasteiger partial charge on any atom is 0.266 e. The van der Waals surface area contributed by atoms with Gasteiger partial charge >= 0.3 is 0 Å². The maximum absolute atomic E-state index is 13.8. The van der Waals surface area contributed by atoms with Crippen LogP contribution in [-0.2, 0) is 4.79 Å². The van der Waals surface area contributed by atoms with Crippen molar-refractivity contribution in [2.75, 3.05) is 39.4 Å². The normalized spacial score (nSPS) is 14.8. The molecule has 1 aliphatic rings. The predicted octanol–water partition coefficient (Wildman–Crippen LogP) is 4.07. The van der Waals surface area contributed by atoms with E-state index >= 15 is 0 Å². The molecule has 0 spiro atoms. The molecule has 1 atom stereocenters. The summed E-state index contributed by atoms with van der Waals surface area (Å²) in [6.45, 7) is 6.96. The molecule has 1 saturated heterocycles. The molecule has 1 unspecified atom stereocenters. The number of fused-ring (bicyclic) bond motifs is 1. The van der Waals surface area contributed by atoms with Gasteiger partial charge in [-0.3, -0.25) is 19.1 Å². The van der Waals surface area contributed by atoms with Crippen molar-refractivity contribution in [1.82, 2.24) is 19.4 Å². The number of ether oxygens (including phenoxy) is 2. The van der Waals surface area contributed by atoms with Crippen molar-refractivity contribution >= 4 is 16.8 Å². The maximum atomic E-state index is 13.8. The van der Waals surface area contributed by atoms with Crippen LogP contribution in [0, 0.1) is 0 Å². The molecule has 0 saturated carbocycles. The first-order chi connectivity index (χ1) is 18.6. The number of rotatable bonds is 8. The Hall–Kier alpha value is -4.17. The molecule has 3 aromatic carbocycles. The van der Waals surface area contributed by atoms with Gasteiger partial charge in [-0.25, -0.2) is 4.98 Å². The molecule has 0 bridgehead atoms. The van der Waals surface area contributed by atoms with E-state index in [2.05, 4.69) is 11.8 Å². The van der Waals surface area contributed by atoms with Crippen molar-refractivity contribution in [3.8, 4) is 17.2 Å². The quantitative estimate of drug-likeness (QED) is 0.354. The molecule has 8 heteroatoms. The average molecular weight is 513 g/mol. The number of hydrogen-bond acceptors (Lipinski definition) is 6. The summed E-state index contributed by atoms with van der Waals surface area (Å²) in [5.41, 5.74) is 1.21. The number of nitrogens with zero attached hydrogens (tertiary/aromatic N) is 4. The van der Waals surface area contributed by atoms with Gasteiger partial charge in [0.15, 0.2) is 6.61 Å². The molecule has 0 aliphatic carbocycles. The fourth-order valence-electron chi connectivity index (χ4n) is 4.86. The van der Waals surface area contributed by atoms with Gasteiger partial charge in [0, 0.05) is 26.2 Å². The van der Waals surface area contributed by atoms with E-state index in [1.807, 2.05) is 84.6 Å². The van der Waals surface area contributed by atoms with Gasteiger partial charge in [0.1, 0.15) is 17.3 Å². The van der Waals surface area contributed by atoms with Gasteiger partial charge in [-0.15, -0.1) is 0 Å². The van der Waals surface area contributed by atoms with Crippen LogP contribution in [0.4, 0.5) is 0 Å². The molecule has 0 N–H and O–H groups in total. The van der Waals surface area contributed by atoms with Gasteiger partial charge in [-0.2, -0.15) is 0 Å². The molecule has 1 aromatic heterocycles. The summed E-state index contributed by atoms with van der Waals surface area (Å²) in [5, 5.41) is 0.559. The number of piperazine rings is 1. The van der Waals surface area contributed by atoms with E-state index in [-0.39, 0.29) is 24.1 Å². The Labute approximate surface area is 222 Å². The summed E-state index contributed by atoms with van der Waals surface area (Å²) in [7, 11) is 0. The van der Waals surface area contributed by atoms with Gasteiger partial charge in [0.25, 0.3) is 11.5 Å². The smallest absolute Gasteiger partial charge is 0.266 e. The Kier molecular flexibility index (Phi) is 7.70. The number of benzene rings is 3. The van der Waals surface area contributed by atoms with Crippen LogP contribution in [-0.4, -0.2) is 64.7 Å². The Morgan fingerprint density at radius 2 is 1.58 bits per heavy atom. The topological polar surface area (TPSA) is 76.9 Å². The highest BCUT2D eigenvalue weighted by Gasteiger charge is 2.29. The molecule has 196 valence electrons. The van der Waals surface area contributed by atoms with E-state index in [0.29, 0.717) is 66.7 Å². The minimum absolute atomic E-state index is 0.0134. The molecule has 1 aliphatic heterocycles. The van der Waals surface area contributed by atoms with Crippen LogP contribution in [0.5, 0.6) is 11.5 Å². The average Bonchev–Trinajstić information content (AvgIpc) is 2.97. The summed E-state index contributed by atoms with van der Waals surface area (Å²) in [6, 6.07) is 24.2. The molecule has 38 heavy (non-hydrogen) atoms. The lowest BCUT2D eigenvalue weighted by Crippen LogP contribution is -2.51. The first-order valence-corrected chi connectivity index (χ1v) is 13.0. The molecule has 0 radical (unpaired) electrons. The molecule has 2 heterocycles. The fraction of sp³-hybridized carbons (Fsp3) is 0.300. The van der Waals surface area contributed by atoms with E-state index in [0.717, 1.165) is 0 Å². The van der Waals surface area contributed by atoms with Crippen molar-refractivity contribution < 1.29 is 14.3 Å². The summed E-state index contributed by atoms with van der Waals surface area (Å²) in [4.78, 5) is 35.6. The number of carbonyl (C=O) groups excluding carboxylic acids is 1. The summed E-state index contributed by atoms with van der Waals surface area (Å²) in [5.74, 6) is 1.93. The Morgan fingerprint density at radius 3 is 2.34 bits per heavy atom. The standard InChI is InChI=1S/C30H32N4O4/c1-3-37-27-16-10-9-15-26(27)34-29(31-25-14-8-7-13-24(25)30(34)36)22(2)32-17-19-33(20-18-32)28(35)21-38-23-11-5-4-6-12-23/h4-16,22H,3,17-21H2,1-2H3. The van der Waals surface area contributed by atoms with Crippen molar-refractivity contribution in [2.24, 2.45) is 0 Å². The lowest BCUT2D eigenvalue weighted by Gasteiger charge is -2.38. The third kappa shape index (κ3) is 5.26. The number of amides is 1. The largest absolute Gasteiger partial charge is 0.492 e. The third-order valence-corrected chi connectivity index (χ3v) is 6.90. The first-order valence-electron chi connectivity index (χ1n) is 13.0. The van der Waals surface area contributed by atoms with Gasteiger partial charge < -0.3 is 14.4 Å². The van der Waals surface area contributed by atoms with Crippen LogP contribution < -0.4 is 15.0 Å². The second kappa shape index (κ2) is 11.5. The highest BCUT2D eigenvalue weighted by Crippen LogP contribution is 2.28. The van der Waals surface area contributed by atoms with Crippen LogP contribution in [0.2, 0.25) is 0 Å². The van der Waals surface area contributed by atoms with Crippen LogP contribution in [0.1, 0.15) is 25.7 Å². The Bertz CT molecular complexity index is 1460.